The number of Topliss-reactive ketones (excluding diaryl/α,β-unsaturated/α-hetero) is 1. The van der Waals surface area contributed by atoms with Gasteiger partial charge in [0.1, 0.15) is 0 Å². The van der Waals surface area contributed by atoms with Crippen molar-refractivity contribution in [2.45, 2.75) is 39.7 Å². The van der Waals surface area contributed by atoms with Crippen molar-refractivity contribution >= 4 is 17.2 Å². The number of hydrogen-bond donors (Lipinski definition) is 2. The first-order valence-corrected chi connectivity index (χ1v) is 8.74. The van der Waals surface area contributed by atoms with Crippen LogP contribution >= 0.6 is 0 Å². The van der Waals surface area contributed by atoms with E-state index in [4.69, 9.17) is 0 Å². The van der Waals surface area contributed by atoms with Crippen LogP contribution in [0, 0.1) is 12.3 Å². The van der Waals surface area contributed by atoms with Gasteiger partial charge in [-0.3, -0.25) is 9.78 Å². The first-order valence-electron chi connectivity index (χ1n) is 8.74. The molecule has 1 unspecified atom stereocenters. The molecule has 4 nitrogen and oxygen atoms in total. The summed E-state index contributed by atoms with van der Waals surface area (Å²) < 4.78 is 0. The van der Waals surface area contributed by atoms with E-state index in [2.05, 4.69) is 54.6 Å². The highest BCUT2D eigenvalue weighted by atomic mass is 16.1. The van der Waals surface area contributed by atoms with Crippen molar-refractivity contribution in [2.24, 2.45) is 5.41 Å². The monoisotopic (exact) mass is 333 g/mol. The molecule has 2 N–H and O–H groups in total. The molecule has 0 bridgehead atoms. The molecule has 4 heteroatoms. The molecule has 0 saturated heterocycles. The number of pyridine rings is 1. The summed E-state index contributed by atoms with van der Waals surface area (Å²) in [6, 6.07) is 11.9. The van der Waals surface area contributed by atoms with Crippen LogP contribution in [0.1, 0.15) is 44.0 Å². The Balaban J connectivity index is 1.89. The van der Waals surface area contributed by atoms with Crippen LogP contribution in [0.25, 0.3) is 0 Å². The van der Waals surface area contributed by atoms with Crippen molar-refractivity contribution < 1.29 is 4.79 Å². The Labute approximate surface area is 148 Å². The lowest BCUT2D eigenvalue weighted by Crippen LogP contribution is -2.31. The number of rotatable bonds is 1. The lowest BCUT2D eigenvalue weighted by atomic mass is 9.74. The summed E-state index contributed by atoms with van der Waals surface area (Å²) in [5, 5.41) is 7.11. The first-order chi connectivity index (χ1) is 11.9. The van der Waals surface area contributed by atoms with Crippen LogP contribution in [-0.4, -0.2) is 10.8 Å². The number of aryl methyl sites for hydroxylation is 1. The molecule has 0 spiro atoms. The molecular weight excluding hydrogens is 310 g/mol. The first kappa shape index (κ1) is 15.9. The highest BCUT2D eigenvalue weighted by Gasteiger charge is 2.39. The van der Waals surface area contributed by atoms with E-state index in [0.717, 1.165) is 34.8 Å². The quantitative estimate of drug-likeness (QED) is 0.800. The third-order valence-electron chi connectivity index (χ3n) is 4.95. The standard InChI is InChI=1S/C21H23N3O/c1-13-7-8-14-16(10-13)24-20(15-6-4-5-9-22-15)19-17(23-14)11-21(2,3)12-18(19)25/h4-10,20,23-24H,11-12H2,1-3H3. The van der Waals surface area contributed by atoms with Gasteiger partial charge in [0, 0.05) is 23.9 Å². The molecule has 1 aromatic heterocycles. The number of benzene rings is 1. The van der Waals surface area contributed by atoms with Gasteiger partial charge in [0.2, 0.25) is 0 Å². The molecule has 0 amide bonds. The van der Waals surface area contributed by atoms with E-state index in [9.17, 15) is 4.79 Å². The predicted molar refractivity (Wildman–Crippen MR) is 100 cm³/mol. The highest BCUT2D eigenvalue weighted by molar-refractivity contribution is 6.01. The largest absolute Gasteiger partial charge is 0.371 e. The number of ketones is 1. The summed E-state index contributed by atoms with van der Waals surface area (Å²) >= 11 is 0. The second-order valence-corrected chi connectivity index (χ2v) is 7.84. The molecule has 1 aromatic carbocycles. The molecule has 1 atom stereocenters. The Hall–Kier alpha value is -2.62. The number of fused-ring (bicyclic) bond motifs is 1. The van der Waals surface area contributed by atoms with E-state index in [0.29, 0.717) is 6.42 Å². The second-order valence-electron chi connectivity index (χ2n) is 7.84. The number of carbonyl (C=O) groups excluding carboxylic acids is 1. The fourth-order valence-corrected chi connectivity index (χ4v) is 3.83. The SMILES string of the molecule is Cc1ccc2c(c1)NC(c1ccccn1)C1=C(CC(C)(C)CC1=O)N2. The summed E-state index contributed by atoms with van der Waals surface area (Å²) in [4.78, 5) is 17.6. The van der Waals surface area contributed by atoms with Crippen molar-refractivity contribution in [1.82, 2.24) is 4.98 Å². The van der Waals surface area contributed by atoms with Crippen molar-refractivity contribution in [1.29, 1.82) is 0 Å². The van der Waals surface area contributed by atoms with Gasteiger partial charge in [0.25, 0.3) is 0 Å². The molecule has 25 heavy (non-hydrogen) atoms. The normalized spacial score (nSPS) is 21.6. The summed E-state index contributed by atoms with van der Waals surface area (Å²) in [7, 11) is 0. The molecule has 1 aliphatic carbocycles. The summed E-state index contributed by atoms with van der Waals surface area (Å²) in [6.07, 6.45) is 3.20. The van der Waals surface area contributed by atoms with E-state index in [1.54, 1.807) is 6.20 Å². The van der Waals surface area contributed by atoms with E-state index in [-0.39, 0.29) is 17.2 Å². The number of aromatic nitrogens is 1. The van der Waals surface area contributed by atoms with Gasteiger partial charge in [-0.1, -0.05) is 26.0 Å². The highest BCUT2D eigenvalue weighted by Crippen LogP contribution is 2.45. The Morgan fingerprint density at radius 3 is 2.72 bits per heavy atom. The molecule has 0 saturated carbocycles. The van der Waals surface area contributed by atoms with Gasteiger partial charge < -0.3 is 10.6 Å². The fourth-order valence-electron chi connectivity index (χ4n) is 3.83. The van der Waals surface area contributed by atoms with Crippen LogP contribution < -0.4 is 10.6 Å². The number of anilines is 2. The van der Waals surface area contributed by atoms with Gasteiger partial charge in [0.05, 0.1) is 23.1 Å². The van der Waals surface area contributed by atoms with Gasteiger partial charge >= 0.3 is 0 Å². The van der Waals surface area contributed by atoms with E-state index < -0.39 is 0 Å². The van der Waals surface area contributed by atoms with Gasteiger partial charge in [0.15, 0.2) is 5.78 Å². The van der Waals surface area contributed by atoms with Crippen LogP contribution in [0.3, 0.4) is 0 Å². The van der Waals surface area contributed by atoms with Gasteiger partial charge in [-0.15, -0.1) is 0 Å². The zero-order valence-electron chi connectivity index (χ0n) is 14.9. The third kappa shape index (κ3) is 2.93. The fraction of sp³-hybridized carbons (Fsp3) is 0.333. The van der Waals surface area contributed by atoms with E-state index >= 15 is 0 Å². The molecule has 2 aromatic rings. The molecule has 2 heterocycles. The van der Waals surface area contributed by atoms with E-state index in [1.807, 2.05) is 18.2 Å². The maximum Gasteiger partial charge on any atom is 0.163 e. The van der Waals surface area contributed by atoms with Gasteiger partial charge in [-0.2, -0.15) is 0 Å². The average molecular weight is 333 g/mol. The molecule has 0 radical (unpaired) electrons. The van der Waals surface area contributed by atoms with Crippen LogP contribution in [0.5, 0.6) is 0 Å². The molecule has 2 aliphatic rings. The maximum absolute atomic E-state index is 13.0. The van der Waals surface area contributed by atoms with Crippen molar-refractivity contribution in [3.63, 3.8) is 0 Å². The molecule has 0 fully saturated rings. The van der Waals surface area contributed by atoms with E-state index in [1.165, 1.54) is 5.56 Å². The van der Waals surface area contributed by atoms with Crippen molar-refractivity contribution in [2.75, 3.05) is 10.6 Å². The number of hydrogen-bond acceptors (Lipinski definition) is 4. The lowest BCUT2D eigenvalue weighted by molar-refractivity contribution is -0.118. The predicted octanol–water partition coefficient (Wildman–Crippen LogP) is 4.61. The number of allylic oxidation sites excluding steroid dienone is 1. The summed E-state index contributed by atoms with van der Waals surface area (Å²) in [5.74, 6) is 0.200. The number of nitrogens with zero attached hydrogens (tertiary/aromatic N) is 1. The Bertz CT molecular complexity index is 868. The van der Waals surface area contributed by atoms with Crippen molar-refractivity contribution in [3.8, 4) is 0 Å². The number of carbonyl (C=O) groups is 1. The Morgan fingerprint density at radius 2 is 1.96 bits per heavy atom. The zero-order valence-corrected chi connectivity index (χ0v) is 14.9. The molecule has 4 rings (SSSR count). The lowest BCUT2D eigenvalue weighted by Gasteiger charge is -2.33. The minimum absolute atomic E-state index is 0.0349. The van der Waals surface area contributed by atoms with Crippen LogP contribution in [-0.2, 0) is 4.79 Å². The third-order valence-corrected chi connectivity index (χ3v) is 4.95. The van der Waals surface area contributed by atoms with Crippen molar-refractivity contribution in [3.05, 3.63) is 65.1 Å². The van der Waals surface area contributed by atoms with Crippen LogP contribution in [0.4, 0.5) is 11.4 Å². The number of nitrogens with one attached hydrogen (secondary N) is 2. The Kier molecular flexibility index (Phi) is 3.64. The minimum Gasteiger partial charge on any atom is -0.371 e. The van der Waals surface area contributed by atoms with Crippen LogP contribution in [0.2, 0.25) is 0 Å². The molecule has 1 aliphatic heterocycles. The topological polar surface area (TPSA) is 54.0 Å². The minimum atomic E-state index is -0.227. The maximum atomic E-state index is 13.0. The van der Waals surface area contributed by atoms with Crippen LogP contribution in [0.15, 0.2) is 53.9 Å². The zero-order chi connectivity index (χ0) is 17.6. The molecular formula is C21H23N3O. The second kappa shape index (κ2) is 5.73. The van der Waals surface area contributed by atoms with Gasteiger partial charge in [-0.05, 0) is 48.6 Å². The smallest absolute Gasteiger partial charge is 0.163 e. The Morgan fingerprint density at radius 1 is 1.12 bits per heavy atom. The summed E-state index contributed by atoms with van der Waals surface area (Å²) in [6.45, 7) is 6.38. The van der Waals surface area contributed by atoms with Gasteiger partial charge in [-0.25, -0.2) is 0 Å². The average Bonchev–Trinajstić information content (AvgIpc) is 2.70. The summed E-state index contributed by atoms with van der Waals surface area (Å²) in [5.41, 5.74) is 5.89. The molecule has 128 valence electrons.